The molecular formula is C14H21NS. The highest BCUT2D eigenvalue weighted by molar-refractivity contribution is 8.00. The van der Waals surface area contributed by atoms with Crippen LogP contribution in [0, 0.1) is 0 Å². The molecule has 1 aliphatic rings. The zero-order valence-electron chi connectivity index (χ0n) is 10.4. The van der Waals surface area contributed by atoms with E-state index >= 15 is 0 Å². The van der Waals surface area contributed by atoms with Crippen LogP contribution in [0.25, 0.3) is 0 Å². The van der Waals surface area contributed by atoms with Gasteiger partial charge in [-0.15, -0.1) is 11.8 Å². The number of hydrogen-bond acceptors (Lipinski definition) is 2. The van der Waals surface area contributed by atoms with Crippen LogP contribution in [0.5, 0.6) is 0 Å². The molecule has 0 unspecified atom stereocenters. The lowest BCUT2D eigenvalue weighted by Gasteiger charge is -2.26. The van der Waals surface area contributed by atoms with Gasteiger partial charge in [-0.3, -0.25) is 0 Å². The molecule has 0 aromatic heterocycles. The minimum Gasteiger partial charge on any atom is -0.399 e. The van der Waals surface area contributed by atoms with Crippen LogP contribution in [0.2, 0.25) is 0 Å². The lowest BCUT2D eigenvalue weighted by molar-refractivity contribution is 0.522. The molecule has 0 radical (unpaired) electrons. The van der Waals surface area contributed by atoms with Gasteiger partial charge >= 0.3 is 0 Å². The van der Waals surface area contributed by atoms with Crippen LogP contribution < -0.4 is 5.73 Å². The van der Waals surface area contributed by atoms with E-state index in [1.807, 2.05) is 11.8 Å². The first kappa shape index (κ1) is 11.8. The quantitative estimate of drug-likeness (QED) is 0.777. The summed E-state index contributed by atoms with van der Waals surface area (Å²) in [4.78, 5) is 1.34. The molecule has 0 heterocycles. The van der Waals surface area contributed by atoms with E-state index in [9.17, 15) is 0 Å². The van der Waals surface area contributed by atoms with Gasteiger partial charge in [-0.1, -0.05) is 27.2 Å². The highest BCUT2D eigenvalue weighted by atomic mass is 32.2. The molecule has 1 aromatic rings. The van der Waals surface area contributed by atoms with Gasteiger partial charge in [0, 0.05) is 15.8 Å². The first-order valence-corrected chi connectivity index (χ1v) is 6.91. The second-order valence-electron chi connectivity index (χ2n) is 5.71. The SMILES string of the molecule is CC(C)(C)c1cc(N)cc(SC2CCC2)c1. The van der Waals surface area contributed by atoms with Crippen LogP contribution in [-0.2, 0) is 5.41 Å². The monoisotopic (exact) mass is 235 g/mol. The lowest BCUT2D eigenvalue weighted by Crippen LogP contribution is -2.14. The van der Waals surface area contributed by atoms with Crippen molar-refractivity contribution in [2.75, 3.05) is 5.73 Å². The second kappa shape index (κ2) is 4.33. The van der Waals surface area contributed by atoms with Crippen LogP contribution in [0.4, 0.5) is 5.69 Å². The molecule has 0 atom stereocenters. The standard InChI is InChI=1S/C14H21NS/c1-14(2,3)10-7-11(15)9-13(8-10)16-12-5-4-6-12/h7-9,12H,4-6,15H2,1-3H3. The molecule has 2 heteroatoms. The summed E-state index contributed by atoms with van der Waals surface area (Å²) in [7, 11) is 0. The van der Waals surface area contributed by atoms with Crippen molar-refractivity contribution in [3.8, 4) is 0 Å². The van der Waals surface area contributed by atoms with Crippen molar-refractivity contribution in [2.24, 2.45) is 0 Å². The fourth-order valence-corrected chi connectivity index (χ4v) is 3.16. The van der Waals surface area contributed by atoms with Gasteiger partial charge in [-0.25, -0.2) is 0 Å². The predicted molar refractivity (Wildman–Crippen MR) is 73.1 cm³/mol. The molecule has 2 rings (SSSR count). The topological polar surface area (TPSA) is 26.0 Å². The molecule has 1 saturated carbocycles. The Bertz CT molecular complexity index is 375. The molecule has 1 aliphatic carbocycles. The Hall–Kier alpha value is -0.630. The predicted octanol–water partition coefficient (Wildman–Crippen LogP) is 4.21. The third-order valence-electron chi connectivity index (χ3n) is 3.15. The number of hydrogen-bond donors (Lipinski definition) is 1. The number of anilines is 1. The maximum absolute atomic E-state index is 5.98. The molecule has 0 saturated heterocycles. The molecule has 0 bridgehead atoms. The summed E-state index contributed by atoms with van der Waals surface area (Å²) in [6.07, 6.45) is 4.13. The van der Waals surface area contributed by atoms with Gasteiger partial charge < -0.3 is 5.73 Å². The largest absolute Gasteiger partial charge is 0.399 e. The van der Waals surface area contributed by atoms with Crippen molar-refractivity contribution in [2.45, 2.75) is 55.6 Å². The molecule has 1 nitrogen and oxygen atoms in total. The third kappa shape index (κ3) is 2.73. The van der Waals surface area contributed by atoms with Crippen molar-refractivity contribution in [1.29, 1.82) is 0 Å². The normalized spacial score (nSPS) is 17.2. The van der Waals surface area contributed by atoms with E-state index in [-0.39, 0.29) is 5.41 Å². The number of nitrogens with two attached hydrogens (primary N) is 1. The van der Waals surface area contributed by atoms with E-state index in [4.69, 9.17) is 5.73 Å². The summed E-state index contributed by atoms with van der Waals surface area (Å²) in [5, 5.41) is 0.828. The zero-order valence-corrected chi connectivity index (χ0v) is 11.2. The molecule has 16 heavy (non-hydrogen) atoms. The van der Waals surface area contributed by atoms with E-state index in [1.54, 1.807) is 0 Å². The summed E-state index contributed by atoms with van der Waals surface area (Å²) in [6, 6.07) is 6.52. The summed E-state index contributed by atoms with van der Waals surface area (Å²) in [5.41, 5.74) is 8.40. The second-order valence-corrected chi connectivity index (χ2v) is 7.09. The molecule has 1 fully saturated rings. The molecular weight excluding hydrogens is 214 g/mol. The van der Waals surface area contributed by atoms with E-state index < -0.39 is 0 Å². The van der Waals surface area contributed by atoms with E-state index in [2.05, 4.69) is 39.0 Å². The van der Waals surface area contributed by atoms with Crippen molar-refractivity contribution in [3.05, 3.63) is 23.8 Å². The van der Waals surface area contributed by atoms with Gasteiger partial charge in [-0.05, 0) is 42.0 Å². The summed E-state index contributed by atoms with van der Waals surface area (Å²) in [5.74, 6) is 0. The maximum Gasteiger partial charge on any atom is 0.0328 e. The molecule has 0 aliphatic heterocycles. The first-order valence-electron chi connectivity index (χ1n) is 6.03. The number of rotatable bonds is 2. The van der Waals surface area contributed by atoms with Crippen molar-refractivity contribution >= 4 is 17.4 Å². The molecule has 1 aromatic carbocycles. The van der Waals surface area contributed by atoms with Gasteiger partial charge in [0.25, 0.3) is 0 Å². The average molecular weight is 235 g/mol. The van der Waals surface area contributed by atoms with Crippen LogP contribution in [0.3, 0.4) is 0 Å². The smallest absolute Gasteiger partial charge is 0.0328 e. The van der Waals surface area contributed by atoms with Gasteiger partial charge in [0.05, 0.1) is 0 Å². The first-order chi connectivity index (χ1) is 7.45. The van der Waals surface area contributed by atoms with Gasteiger partial charge in [0.1, 0.15) is 0 Å². The molecule has 0 spiro atoms. The van der Waals surface area contributed by atoms with Crippen molar-refractivity contribution in [1.82, 2.24) is 0 Å². The highest BCUT2D eigenvalue weighted by Crippen LogP contribution is 2.38. The van der Waals surface area contributed by atoms with E-state index in [0.717, 1.165) is 10.9 Å². The van der Waals surface area contributed by atoms with Crippen LogP contribution in [-0.4, -0.2) is 5.25 Å². The summed E-state index contributed by atoms with van der Waals surface area (Å²) < 4.78 is 0. The van der Waals surface area contributed by atoms with E-state index in [0.29, 0.717) is 0 Å². The van der Waals surface area contributed by atoms with Gasteiger partial charge in [0.2, 0.25) is 0 Å². The van der Waals surface area contributed by atoms with Crippen LogP contribution in [0.1, 0.15) is 45.6 Å². The number of benzene rings is 1. The number of nitrogen functional groups attached to an aromatic ring is 1. The minimum absolute atomic E-state index is 0.185. The Balaban J connectivity index is 2.21. The Labute approximate surface area is 103 Å². The van der Waals surface area contributed by atoms with Crippen LogP contribution >= 0.6 is 11.8 Å². The summed E-state index contributed by atoms with van der Waals surface area (Å²) in [6.45, 7) is 6.71. The zero-order chi connectivity index (χ0) is 11.8. The Morgan fingerprint density at radius 3 is 2.38 bits per heavy atom. The van der Waals surface area contributed by atoms with Crippen molar-refractivity contribution in [3.63, 3.8) is 0 Å². The van der Waals surface area contributed by atoms with E-state index in [1.165, 1.54) is 29.7 Å². The van der Waals surface area contributed by atoms with Crippen molar-refractivity contribution < 1.29 is 0 Å². The fraction of sp³-hybridized carbons (Fsp3) is 0.571. The average Bonchev–Trinajstić information content (AvgIpc) is 2.09. The lowest BCUT2D eigenvalue weighted by atomic mass is 9.87. The molecule has 2 N–H and O–H groups in total. The van der Waals surface area contributed by atoms with Gasteiger partial charge in [-0.2, -0.15) is 0 Å². The van der Waals surface area contributed by atoms with Crippen LogP contribution in [0.15, 0.2) is 23.1 Å². The highest BCUT2D eigenvalue weighted by Gasteiger charge is 2.20. The fourth-order valence-electron chi connectivity index (χ4n) is 1.80. The Morgan fingerprint density at radius 2 is 1.88 bits per heavy atom. The Kier molecular flexibility index (Phi) is 3.20. The Morgan fingerprint density at radius 1 is 1.19 bits per heavy atom. The third-order valence-corrected chi connectivity index (χ3v) is 4.46. The molecule has 88 valence electrons. The molecule has 0 amide bonds. The minimum atomic E-state index is 0.185. The number of thioether (sulfide) groups is 1. The summed E-state index contributed by atoms with van der Waals surface area (Å²) >= 11 is 1.99. The maximum atomic E-state index is 5.98. The van der Waals surface area contributed by atoms with Gasteiger partial charge in [0.15, 0.2) is 0 Å².